The number of nitrogens with one attached hydrogen (secondary N) is 1. The number of carbonyl (C=O) groups excluding carboxylic acids is 1. The quantitative estimate of drug-likeness (QED) is 0.773. The smallest absolute Gasteiger partial charge is 0.324 e. The largest absolute Gasteiger partial charge is 0.409 e. The van der Waals surface area contributed by atoms with Gasteiger partial charge >= 0.3 is 12.4 Å². The van der Waals surface area contributed by atoms with Crippen molar-refractivity contribution in [3.63, 3.8) is 0 Å². The van der Waals surface area contributed by atoms with Gasteiger partial charge in [-0.3, -0.25) is 4.79 Å². The fraction of sp³-hybridized carbons (Fsp3) is 0.364. The molecule has 0 saturated carbocycles. The van der Waals surface area contributed by atoms with Crippen molar-refractivity contribution in [2.45, 2.75) is 19.3 Å². The van der Waals surface area contributed by atoms with Gasteiger partial charge in [0.15, 0.2) is 0 Å². The summed E-state index contributed by atoms with van der Waals surface area (Å²) in [6, 6.07) is 4.16. The Morgan fingerprint density at radius 1 is 1.15 bits per heavy atom. The van der Waals surface area contributed by atoms with Crippen LogP contribution < -0.4 is 5.32 Å². The summed E-state index contributed by atoms with van der Waals surface area (Å²) < 4.78 is 74.4. The summed E-state index contributed by atoms with van der Waals surface area (Å²) in [5.41, 5.74) is 0.395. The van der Waals surface area contributed by atoms with E-state index in [2.05, 4.69) is 15.9 Å². The Kier molecular flexibility index (Phi) is 4.73. The maximum Gasteiger partial charge on any atom is 0.409 e. The van der Waals surface area contributed by atoms with Crippen LogP contribution >= 0.6 is 15.9 Å². The molecule has 1 rings (SSSR count). The molecule has 112 valence electrons. The van der Waals surface area contributed by atoms with Gasteiger partial charge in [-0.1, -0.05) is 12.1 Å². The van der Waals surface area contributed by atoms with E-state index >= 15 is 0 Å². The fourth-order valence-corrected chi connectivity index (χ4v) is 1.80. The Labute approximate surface area is 118 Å². The van der Waals surface area contributed by atoms with Crippen LogP contribution in [0.1, 0.15) is 5.56 Å². The first-order chi connectivity index (χ1) is 8.94. The summed E-state index contributed by atoms with van der Waals surface area (Å²) in [6.45, 7) is 1.57. The van der Waals surface area contributed by atoms with Gasteiger partial charge in [-0.15, -0.1) is 0 Å². The molecule has 0 aromatic heterocycles. The lowest BCUT2D eigenvalue weighted by molar-refractivity contribution is -0.272. The lowest BCUT2D eigenvalue weighted by Gasteiger charge is -2.22. The molecule has 1 aromatic carbocycles. The minimum atomic E-state index is -5.71. The average Bonchev–Trinajstić information content (AvgIpc) is 2.20. The second kappa shape index (κ2) is 5.63. The Morgan fingerprint density at radius 2 is 1.65 bits per heavy atom. The van der Waals surface area contributed by atoms with Crippen LogP contribution in [0.5, 0.6) is 0 Å². The van der Waals surface area contributed by atoms with Crippen LogP contribution in [-0.2, 0) is 4.79 Å². The Balaban J connectivity index is 3.07. The molecule has 0 aliphatic carbocycles. The highest BCUT2D eigenvalue weighted by Gasteiger charge is 2.61. The van der Waals surface area contributed by atoms with Gasteiger partial charge in [0.1, 0.15) is 0 Å². The molecule has 2 nitrogen and oxygen atoms in total. The van der Waals surface area contributed by atoms with Crippen LogP contribution in [0.25, 0.3) is 0 Å². The highest BCUT2D eigenvalue weighted by Crippen LogP contribution is 2.40. The van der Waals surface area contributed by atoms with Crippen molar-refractivity contribution in [1.82, 2.24) is 0 Å². The van der Waals surface area contributed by atoms with Gasteiger partial charge in [0, 0.05) is 4.47 Å². The normalized spacial score (nSPS) is 12.7. The molecule has 0 atom stereocenters. The standard InChI is InChI=1S/C11H8BrF6NO/c1-5-3-2-4-6(7(5)12)19-9(20)8(10(13,14)15)11(16,17)18/h2-4,8H,1H3,(H,19,20). The monoisotopic (exact) mass is 363 g/mol. The predicted molar refractivity (Wildman–Crippen MR) is 63.1 cm³/mol. The number of halogens is 7. The molecule has 0 bridgehead atoms. The summed E-state index contributed by atoms with van der Waals surface area (Å²) in [6.07, 6.45) is -11.4. The van der Waals surface area contributed by atoms with Crippen molar-refractivity contribution >= 4 is 27.5 Å². The highest BCUT2D eigenvalue weighted by atomic mass is 79.9. The van der Waals surface area contributed by atoms with Gasteiger partial charge in [0.2, 0.25) is 11.8 Å². The molecule has 0 spiro atoms. The minimum absolute atomic E-state index is 0.159. The fourth-order valence-electron chi connectivity index (χ4n) is 1.43. The molecule has 1 aromatic rings. The number of hydrogen-bond donors (Lipinski definition) is 1. The first-order valence-electron chi connectivity index (χ1n) is 5.14. The van der Waals surface area contributed by atoms with E-state index in [0.717, 1.165) is 0 Å². The van der Waals surface area contributed by atoms with Crippen molar-refractivity contribution < 1.29 is 31.1 Å². The summed E-state index contributed by atoms with van der Waals surface area (Å²) in [4.78, 5) is 11.3. The molecule has 20 heavy (non-hydrogen) atoms. The summed E-state index contributed by atoms with van der Waals surface area (Å²) in [5, 5.41) is 1.64. The van der Waals surface area contributed by atoms with Crippen LogP contribution in [0, 0.1) is 12.8 Å². The van der Waals surface area contributed by atoms with Crippen LogP contribution in [0.2, 0.25) is 0 Å². The van der Waals surface area contributed by atoms with Crippen molar-refractivity contribution in [1.29, 1.82) is 0 Å². The van der Waals surface area contributed by atoms with Crippen LogP contribution in [0.15, 0.2) is 22.7 Å². The Morgan fingerprint density at radius 3 is 2.10 bits per heavy atom. The predicted octanol–water partition coefficient (Wildman–Crippen LogP) is 4.44. The molecule has 1 amide bonds. The first kappa shape index (κ1) is 16.8. The van der Waals surface area contributed by atoms with E-state index < -0.39 is 24.2 Å². The van der Waals surface area contributed by atoms with Crippen LogP contribution in [0.4, 0.5) is 32.0 Å². The minimum Gasteiger partial charge on any atom is -0.324 e. The lowest BCUT2D eigenvalue weighted by atomic mass is 10.1. The topological polar surface area (TPSA) is 29.1 Å². The third-order valence-corrected chi connectivity index (χ3v) is 3.42. The third kappa shape index (κ3) is 3.87. The molecule has 0 aliphatic rings. The zero-order valence-electron chi connectivity index (χ0n) is 9.86. The van der Waals surface area contributed by atoms with Gasteiger partial charge in [0.05, 0.1) is 5.69 Å². The number of alkyl halides is 6. The maximum absolute atomic E-state index is 12.4. The number of amides is 1. The van der Waals surface area contributed by atoms with Crippen LogP contribution in [0.3, 0.4) is 0 Å². The van der Waals surface area contributed by atoms with Crippen molar-refractivity contribution in [2.24, 2.45) is 5.92 Å². The van der Waals surface area contributed by atoms with E-state index in [1.165, 1.54) is 12.1 Å². The number of benzene rings is 1. The van der Waals surface area contributed by atoms with E-state index in [4.69, 9.17) is 0 Å². The number of hydrogen-bond acceptors (Lipinski definition) is 1. The van der Waals surface area contributed by atoms with Crippen molar-refractivity contribution in [3.05, 3.63) is 28.2 Å². The van der Waals surface area contributed by atoms with Gasteiger partial charge in [-0.05, 0) is 34.5 Å². The Hall–Kier alpha value is -1.25. The summed E-state index contributed by atoms with van der Waals surface area (Å²) in [5.74, 6) is -6.24. The highest BCUT2D eigenvalue weighted by molar-refractivity contribution is 9.10. The lowest BCUT2D eigenvalue weighted by Crippen LogP contribution is -2.45. The first-order valence-corrected chi connectivity index (χ1v) is 5.93. The van der Waals surface area contributed by atoms with Gasteiger partial charge < -0.3 is 5.32 Å². The molecule has 1 N–H and O–H groups in total. The molecule has 0 aliphatic heterocycles. The molecule has 0 unspecified atom stereocenters. The maximum atomic E-state index is 12.4. The third-order valence-electron chi connectivity index (χ3n) is 2.37. The summed E-state index contributed by atoms with van der Waals surface area (Å²) in [7, 11) is 0. The van der Waals surface area contributed by atoms with Crippen molar-refractivity contribution in [3.8, 4) is 0 Å². The van der Waals surface area contributed by atoms with Crippen molar-refractivity contribution in [2.75, 3.05) is 5.32 Å². The molecular formula is C11H8BrF6NO. The zero-order chi connectivity index (χ0) is 15.7. The number of carbonyl (C=O) groups is 1. The molecule has 0 saturated heterocycles. The van der Waals surface area contributed by atoms with E-state index in [0.29, 0.717) is 5.56 Å². The van der Waals surface area contributed by atoms with Gasteiger partial charge in [-0.25, -0.2) is 0 Å². The van der Waals surface area contributed by atoms with Gasteiger partial charge in [-0.2, -0.15) is 26.3 Å². The molecule has 0 heterocycles. The number of rotatable bonds is 2. The average molecular weight is 364 g/mol. The molecule has 0 radical (unpaired) electrons. The SMILES string of the molecule is Cc1cccc(NC(=O)C(C(F)(F)F)C(F)(F)F)c1Br. The second-order valence-electron chi connectivity index (χ2n) is 3.94. The summed E-state index contributed by atoms with van der Waals surface area (Å²) >= 11 is 2.98. The van der Waals surface area contributed by atoms with Crippen LogP contribution in [-0.4, -0.2) is 18.3 Å². The Bertz CT molecular complexity index is 497. The molecule has 9 heteroatoms. The zero-order valence-corrected chi connectivity index (χ0v) is 11.4. The van der Waals surface area contributed by atoms with E-state index in [-0.39, 0.29) is 10.2 Å². The van der Waals surface area contributed by atoms with Gasteiger partial charge in [0.25, 0.3) is 0 Å². The second-order valence-corrected chi connectivity index (χ2v) is 4.73. The number of anilines is 1. The molecule has 0 fully saturated rings. The van der Waals surface area contributed by atoms with E-state index in [1.54, 1.807) is 18.3 Å². The molecular weight excluding hydrogens is 356 g/mol. The number of aryl methyl sites for hydroxylation is 1. The van der Waals surface area contributed by atoms with E-state index in [1.807, 2.05) is 0 Å². The van der Waals surface area contributed by atoms with E-state index in [9.17, 15) is 31.1 Å².